The van der Waals surface area contributed by atoms with Gasteiger partial charge in [-0.2, -0.15) is 13.2 Å². The molecule has 0 bridgehead atoms. The van der Waals surface area contributed by atoms with Gasteiger partial charge >= 0.3 is 6.18 Å². The second kappa shape index (κ2) is 11.3. The molecule has 3 aromatic carbocycles. The fourth-order valence-corrected chi connectivity index (χ4v) is 6.79. The second-order valence-electron chi connectivity index (χ2n) is 10.5. The predicted octanol–water partition coefficient (Wildman–Crippen LogP) is 7.08. The van der Waals surface area contributed by atoms with Crippen molar-refractivity contribution in [1.82, 2.24) is 4.90 Å². The first-order valence-corrected chi connectivity index (χ1v) is 14.8. The zero-order valence-corrected chi connectivity index (χ0v) is 24.5. The van der Waals surface area contributed by atoms with Crippen molar-refractivity contribution in [3.63, 3.8) is 0 Å². The number of thiophene rings is 1. The Morgan fingerprint density at radius 3 is 2.00 bits per heavy atom. The molecule has 2 amide bonds. The van der Waals surface area contributed by atoms with Crippen LogP contribution in [-0.4, -0.2) is 48.7 Å². The average molecular weight is 624 g/mol. The van der Waals surface area contributed by atoms with Crippen molar-refractivity contribution in [2.45, 2.75) is 19.6 Å². The lowest BCUT2D eigenvalue weighted by atomic mass is 9.99. The number of halogens is 4. The van der Waals surface area contributed by atoms with Crippen LogP contribution in [0.4, 0.5) is 23.9 Å². The monoisotopic (exact) mass is 623 g/mol. The number of aryl methyl sites for hydroxylation is 1. The normalized spacial score (nSPS) is 15.7. The topological polar surface area (TPSA) is 60.9 Å². The van der Waals surface area contributed by atoms with Gasteiger partial charge in [-0.05, 0) is 73.2 Å². The van der Waals surface area contributed by atoms with Crippen LogP contribution in [-0.2, 0) is 12.7 Å². The molecule has 4 aromatic rings. The molecule has 1 aromatic heterocycles. The van der Waals surface area contributed by atoms with Gasteiger partial charge < -0.3 is 4.90 Å². The van der Waals surface area contributed by atoms with Crippen LogP contribution in [0.5, 0.6) is 0 Å². The van der Waals surface area contributed by atoms with E-state index in [1.54, 1.807) is 48.5 Å². The van der Waals surface area contributed by atoms with Crippen LogP contribution in [0.2, 0.25) is 5.02 Å². The molecule has 0 aliphatic carbocycles. The number of piperazine rings is 1. The van der Waals surface area contributed by atoms with Gasteiger partial charge in [-0.15, -0.1) is 11.3 Å². The van der Waals surface area contributed by atoms with E-state index in [4.69, 9.17) is 11.6 Å². The SMILES string of the molecule is Cc1sc(N2C(=O)c3ccccc3C2=O)c(C(=O)c2ccc(Cl)cc2)c1CN1CCN(c2ccc(C(F)(F)F)cc2)CC1. The highest BCUT2D eigenvalue weighted by atomic mass is 35.5. The number of alkyl halides is 3. The van der Waals surface area contributed by atoms with Crippen LogP contribution in [0.3, 0.4) is 0 Å². The molecule has 6 rings (SSSR count). The maximum Gasteiger partial charge on any atom is 0.416 e. The summed E-state index contributed by atoms with van der Waals surface area (Å²) in [6, 6.07) is 18.2. The number of ketones is 1. The number of carbonyl (C=O) groups excluding carboxylic acids is 3. The van der Waals surface area contributed by atoms with E-state index in [-0.39, 0.29) is 5.78 Å². The molecule has 0 atom stereocenters. The molecule has 43 heavy (non-hydrogen) atoms. The van der Waals surface area contributed by atoms with E-state index in [1.165, 1.54) is 23.5 Å². The third-order valence-electron chi connectivity index (χ3n) is 7.83. The fraction of sp³-hybridized carbons (Fsp3) is 0.219. The van der Waals surface area contributed by atoms with Crippen molar-refractivity contribution in [2.24, 2.45) is 0 Å². The second-order valence-corrected chi connectivity index (χ2v) is 12.1. The van der Waals surface area contributed by atoms with E-state index in [2.05, 4.69) is 4.90 Å². The molecular weight excluding hydrogens is 599 g/mol. The minimum Gasteiger partial charge on any atom is -0.369 e. The minimum absolute atomic E-state index is 0.294. The standard InChI is InChI=1S/C32H25ClF3N3O3S/c1-19-26(18-37-14-16-38(17-15-37)23-12-8-21(9-13-23)32(34,35)36)27(28(40)20-6-10-22(33)11-7-20)31(43-19)39-29(41)24-4-2-3-5-25(24)30(39)42/h2-13H,14-18H2,1H3. The Hall–Kier alpha value is -3.99. The summed E-state index contributed by atoms with van der Waals surface area (Å²) in [7, 11) is 0. The third-order valence-corrected chi connectivity index (χ3v) is 9.22. The summed E-state index contributed by atoms with van der Waals surface area (Å²) in [6.45, 7) is 4.65. The zero-order chi connectivity index (χ0) is 30.5. The summed E-state index contributed by atoms with van der Waals surface area (Å²) in [5.74, 6) is -1.25. The van der Waals surface area contributed by atoms with Crippen LogP contribution in [0, 0.1) is 6.92 Å². The van der Waals surface area contributed by atoms with Gasteiger partial charge in [-0.1, -0.05) is 23.7 Å². The van der Waals surface area contributed by atoms with E-state index in [0.29, 0.717) is 70.7 Å². The van der Waals surface area contributed by atoms with Crippen LogP contribution < -0.4 is 9.80 Å². The average Bonchev–Trinajstić information content (AvgIpc) is 3.44. The van der Waals surface area contributed by atoms with Crippen LogP contribution in [0.25, 0.3) is 0 Å². The van der Waals surface area contributed by atoms with Crippen molar-refractivity contribution in [3.8, 4) is 0 Å². The van der Waals surface area contributed by atoms with Gasteiger partial charge in [0.15, 0.2) is 5.78 Å². The van der Waals surface area contributed by atoms with Gasteiger partial charge in [0.1, 0.15) is 5.00 Å². The molecule has 11 heteroatoms. The van der Waals surface area contributed by atoms with E-state index < -0.39 is 23.6 Å². The Bertz CT molecular complexity index is 1690. The lowest BCUT2D eigenvalue weighted by Gasteiger charge is -2.36. The number of anilines is 2. The Labute approximate surface area is 254 Å². The molecule has 6 nitrogen and oxygen atoms in total. The first-order chi connectivity index (χ1) is 20.5. The van der Waals surface area contributed by atoms with Crippen molar-refractivity contribution in [3.05, 3.63) is 116 Å². The highest BCUT2D eigenvalue weighted by molar-refractivity contribution is 7.17. The first kappa shape index (κ1) is 29.1. The summed E-state index contributed by atoms with van der Waals surface area (Å²) in [6.07, 6.45) is -4.39. The zero-order valence-electron chi connectivity index (χ0n) is 23.0. The number of hydrogen-bond acceptors (Lipinski definition) is 6. The summed E-state index contributed by atoms with van der Waals surface area (Å²) in [5.41, 5.74) is 2.05. The highest BCUT2D eigenvalue weighted by Crippen LogP contribution is 2.42. The van der Waals surface area contributed by atoms with E-state index >= 15 is 0 Å². The summed E-state index contributed by atoms with van der Waals surface area (Å²) in [5, 5.41) is 0.770. The lowest BCUT2D eigenvalue weighted by molar-refractivity contribution is -0.137. The van der Waals surface area contributed by atoms with Gasteiger partial charge in [0, 0.05) is 53.9 Å². The van der Waals surface area contributed by atoms with Crippen molar-refractivity contribution in [1.29, 1.82) is 0 Å². The van der Waals surface area contributed by atoms with Gasteiger partial charge in [0.05, 0.1) is 22.3 Å². The quantitative estimate of drug-likeness (QED) is 0.170. The predicted molar refractivity (Wildman–Crippen MR) is 160 cm³/mol. The first-order valence-electron chi connectivity index (χ1n) is 13.6. The molecule has 0 N–H and O–H groups in total. The Morgan fingerprint density at radius 2 is 1.44 bits per heavy atom. The number of imide groups is 1. The Balaban J connectivity index is 1.29. The minimum atomic E-state index is -4.39. The molecule has 0 spiro atoms. The van der Waals surface area contributed by atoms with Gasteiger partial charge in [-0.3, -0.25) is 19.3 Å². The number of rotatable bonds is 6. The van der Waals surface area contributed by atoms with Crippen molar-refractivity contribution >= 4 is 51.2 Å². The maximum atomic E-state index is 14.0. The van der Waals surface area contributed by atoms with Crippen molar-refractivity contribution in [2.75, 3.05) is 36.0 Å². The molecule has 1 saturated heterocycles. The molecule has 0 saturated carbocycles. The van der Waals surface area contributed by atoms with E-state index in [1.807, 2.05) is 11.8 Å². The summed E-state index contributed by atoms with van der Waals surface area (Å²) in [4.78, 5) is 47.0. The number of hydrogen-bond donors (Lipinski definition) is 0. The lowest BCUT2D eigenvalue weighted by Crippen LogP contribution is -2.46. The molecule has 3 heterocycles. The smallest absolute Gasteiger partial charge is 0.369 e. The molecule has 1 fully saturated rings. The van der Waals surface area contributed by atoms with Crippen LogP contribution in [0.15, 0.2) is 72.8 Å². The van der Waals surface area contributed by atoms with Gasteiger partial charge in [-0.25, -0.2) is 4.90 Å². The molecule has 0 unspecified atom stereocenters. The molecule has 2 aliphatic heterocycles. The summed E-state index contributed by atoms with van der Waals surface area (Å²) >= 11 is 7.31. The van der Waals surface area contributed by atoms with Crippen LogP contribution in [0.1, 0.15) is 52.6 Å². The molecular formula is C32H25ClF3N3O3S. The number of benzene rings is 3. The van der Waals surface area contributed by atoms with Gasteiger partial charge in [0.2, 0.25) is 0 Å². The number of nitrogens with zero attached hydrogens (tertiary/aromatic N) is 3. The molecule has 220 valence electrons. The van der Waals surface area contributed by atoms with Gasteiger partial charge in [0.25, 0.3) is 11.8 Å². The maximum absolute atomic E-state index is 14.0. The Kier molecular flexibility index (Phi) is 7.62. The number of amides is 2. The van der Waals surface area contributed by atoms with E-state index in [0.717, 1.165) is 27.5 Å². The largest absolute Gasteiger partial charge is 0.416 e. The third kappa shape index (κ3) is 5.46. The number of fused-ring (bicyclic) bond motifs is 1. The van der Waals surface area contributed by atoms with Crippen molar-refractivity contribution < 1.29 is 27.6 Å². The number of carbonyl (C=O) groups is 3. The fourth-order valence-electron chi connectivity index (χ4n) is 5.51. The molecule has 0 radical (unpaired) electrons. The van der Waals surface area contributed by atoms with Crippen LogP contribution >= 0.6 is 22.9 Å². The highest BCUT2D eigenvalue weighted by Gasteiger charge is 2.41. The van der Waals surface area contributed by atoms with E-state index in [9.17, 15) is 27.6 Å². The Morgan fingerprint density at radius 1 is 0.860 bits per heavy atom. The summed E-state index contributed by atoms with van der Waals surface area (Å²) < 4.78 is 39.0. The molecule has 2 aliphatic rings.